The largest absolute Gasteiger partial charge is 0.480 e. The van der Waals surface area contributed by atoms with E-state index in [-0.39, 0.29) is 17.1 Å². The maximum Gasteiger partial charge on any atom is 0.454 e. The smallest absolute Gasteiger partial charge is 0.454 e. The van der Waals surface area contributed by atoms with Gasteiger partial charge in [0, 0.05) is 13.0 Å². The number of rotatable bonds is 13. The second kappa shape index (κ2) is 13.3. The van der Waals surface area contributed by atoms with Gasteiger partial charge in [0.2, 0.25) is 5.91 Å². The van der Waals surface area contributed by atoms with Crippen LogP contribution >= 0.6 is 0 Å². The molecule has 0 aromatic rings. The Morgan fingerprint density at radius 3 is 2.39 bits per heavy atom. The third-order valence-corrected chi connectivity index (χ3v) is 13.4. The molecule has 5 N–H and O–H groups in total. The summed E-state index contributed by atoms with van der Waals surface area (Å²) in [6.45, 7) is 13.1. The zero-order valence-corrected chi connectivity index (χ0v) is 26.6. The van der Waals surface area contributed by atoms with Gasteiger partial charge in [0.05, 0.1) is 0 Å². The lowest BCUT2D eigenvalue weighted by molar-refractivity contribution is -0.155. The maximum absolute atomic E-state index is 12.6. The predicted molar refractivity (Wildman–Crippen MR) is 164 cm³/mol. The molecule has 1 amide bonds. The van der Waals surface area contributed by atoms with E-state index in [4.69, 9.17) is 0 Å². The molecule has 0 bridgehead atoms. The van der Waals surface area contributed by atoms with Crippen molar-refractivity contribution in [1.82, 2.24) is 10.6 Å². The quantitative estimate of drug-likeness (QED) is 0.143. The number of unbranched alkanes of at least 4 members (excludes halogenated alkanes) is 1. The van der Waals surface area contributed by atoms with Crippen LogP contribution < -0.4 is 10.6 Å². The number of hydrogen-bond donors (Lipinski definition) is 5. The second-order valence-electron chi connectivity index (χ2n) is 15.3. The van der Waals surface area contributed by atoms with Crippen LogP contribution in [0.2, 0.25) is 5.82 Å². The van der Waals surface area contributed by atoms with Crippen molar-refractivity contribution >= 4 is 19.0 Å². The summed E-state index contributed by atoms with van der Waals surface area (Å²) in [5.41, 5.74) is 0.871. The first-order chi connectivity index (χ1) is 19.4. The highest BCUT2D eigenvalue weighted by Crippen LogP contribution is 2.72. The van der Waals surface area contributed by atoms with E-state index in [0.29, 0.717) is 48.6 Å². The first kappa shape index (κ1) is 32.8. The standard InChI is InChI=1S/C33H59BN2O5/c1-6-35-28(30(38)39)9-7-8-20-36-29(37)13-10-22(2)25-11-12-26-24-15-17-31(3)21-23(34(40)41)14-19-33(31,5)27(24)16-18-32(25,26)4/h22-28,35,40-41H,6-21H2,1-5H3,(H,36,37)(H,38,39)/t22?,23-,24?,25?,26?,27?,28?,31-,32-,33-/m0/s1. The first-order valence-corrected chi connectivity index (χ1v) is 17.0. The summed E-state index contributed by atoms with van der Waals surface area (Å²) < 4.78 is 0. The van der Waals surface area contributed by atoms with Gasteiger partial charge < -0.3 is 25.8 Å². The number of hydrogen-bond acceptors (Lipinski definition) is 5. The van der Waals surface area contributed by atoms with Crippen LogP contribution in [0.4, 0.5) is 0 Å². The highest BCUT2D eigenvalue weighted by molar-refractivity contribution is 6.43. The van der Waals surface area contributed by atoms with Crippen LogP contribution in [-0.2, 0) is 9.59 Å². The van der Waals surface area contributed by atoms with Crippen LogP contribution in [0.3, 0.4) is 0 Å². The molecule has 0 aromatic heterocycles. The number of carbonyl (C=O) groups is 2. The zero-order valence-electron chi connectivity index (χ0n) is 26.6. The van der Waals surface area contributed by atoms with Gasteiger partial charge in [0.15, 0.2) is 0 Å². The van der Waals surface area contributed by atoms with Crippen molar-refractivity contribution in [2.24, 2.45) is 45.8 Å². The molecule has 0 saturated heterocycles. The van der Waals surface area contributed by atoms with E-state index in [0.717, 1.165) is 56.3 Å². The second-order valence-corrected chi connectivity index (χ2v) is 15.3. The fourth-order valence-electron chi connectivity index (χ4n) is 10.8. The summed E-state index contributed by atoms with van der Waals surface area (Å²) in [6.07, 6.45) is 14.4. The molecule has 4 saturated carbocycles. The molecule has 4 rings (SSSR count). The van der Waals surface area contributed by atoms with Crippen LogP contribution in [0.5, 0.6) is 0 Å². The van der Waals surface area contributed by atoms with E-state index in [1.54, 1.807) is 0 Å². The molecule has 0 heterocycles. The Balaban J connectivity index is 1.26. The van der Waals surface area contributed by atoms with Crippen molar-refractivity contribution in [3.05, 3.63) is 0 Å². The van der Waals surface area contributed by atoms with Crippen LogP contribution in [-0.4, -0.2) is 53.3 Å². The molecule has 7 nitrogen and oxygen atoms in total. The SMILES string of the molecule is CCNC(CCCCNC(=O)CCC(C)C1CCC2C3CC[C@@]4(C)C[C@@H](B(O)O)CC[C@@]4(C)C3CC[C@@]12C)C(=O)O. The summed E-state index contributed by atoms with van der Waals surface area (Å²) in [5.74, 6) is 2.89. The summed E-state index contributed by atoms with van der Waals surface area (Å²) in [7, 11) is -1.18. The molecule has 4 fully saturated rings. The first-order valence-electron chi connectivity index (χ1n) is 17.0. The molecule has 0 aromatic carbocycles. The lowest BCUT2D eigenvalue weighted by atomic mass is 9.38. The number of likely N-dealkylation sites (N-methyl/N-ethyl adjacent to an activating group) is 1. The maximum atomic E-state index is 12.6. The summed E-state index contributed by atoms with van der Waals surface area (Å²) in [5, 5.41) is 35.2. The number of carbonyl (C=O) groups excluding carboxylic acids is 1. The summed E-state index contributed by atoms with van der Waals surface area (Å²) in [6, 6.07) is -0.500. The molecule has 0 radical (unpaired) electrons. The van der Waals surface area contributed by atoms with Crippen LogP contribution in [0.25, 0.3) is 0 Å². The zero-order chi connectivity index (χ0) is 30.0. The summed E-state index contributed by atoms with van der Waals surface area (Å²) >= 11 is 0. The van der Waals surface area contributed by atoms with Crippen LogP contribution in [0.1, 0.15) is 125 Å². The average Bonchev–Trinajstić information content (AvgIpc) is 3.28. The van der Waals surface area contributed by atoms with Crippen molar-refractivity contribution in [3.8, 4) is 0 Å². The molecular weight excluding hydrogens is 515 g/mol. The van der Waals surface area contributed by atoms with E-state index in [9.17, 15) is 24.7 Å². The minimum absolute atomic E-state index is 0.0276. The molecule has 0 aliphatic heterocycles. The molecule has 4 aliphatic rings. The van der Waals surface area contributed by atoms with E-state index in [1.807, 2.05) is 6.92 Å². The predicted octanol–water partition coefficient (Wildman–Crippen LogP) is 5.64. The normalized spacial score (nSPS) is 39.6. The van der Waals surface area contributed by atoms with Crippen molar-refractivity contribution in [2.75, 3.05) is 13.1 Å². The minimum Gasteiger partial charge on any atom is -0.480 e. The van der Waals surface area contributed by atoms with Gasteiger partial charge in [0.25, 0.3) is 0 Å². The van der Waals surface area contributed by atoms with Crippen molar-refractivity contribution < 1.29 is 24.7 Å². The van der Waals surface area contributed by atoms with Gasteiger partial charge >= 0.3 is 13.1 Å². The number of aliphatic carboxylic acids is 1. The molecule has 10 atom stereocenters. The number of fused-ring (bicyclic) bond motifs is 5. The third kappa shape index (κ3) is 6.55. The van der Waals surface area contributed by atoms with E-state index >= 15 is 0 Å². The van der Waals surface area contributed by atoms with Crippen molar-refractivity contribution in [3.63, 3.8) is 0 Å². The van der Waals surface area contributed by atoms with E-state index in [1.165, 1.54) is 38.5 Å². The highest BCUT2D eigenvalue weighted by atomic mass is 16.4. The fourth-order valence-corrected chi connectivity index (χ4v) is 10.8. The Bertz CT molecular complexity index is 918. The number of nitrogens with one attached hydrogen (secondary N) is 2. The molecule has 4 aliphatic carbocycles. The molecule has 8 heteroatoms. The van der Waals surface area contributed by atoms with Gasteiger partial charge in [-0.05, 0) is 135 Å². The van der Waals surface area contributed by atoms with Gasteiger partial charge in [-0.15, -0.1) is 0 Å². The highest BCUT2D eigenvalue weighted by Gasteiger charge is 2.64. The van der Waals surface area contributed by atoms with Crippen LogP contribution in [0.15, 0.2) is 0 Å². The number of amides is 1. The summed E-state index contributed by atoms with van der Waals surface area (Å²) in [4.78, 5) is 23.9. The average molecular weight is 575 g/mol. The Labute approximate surface area is 249 Å². The molecule has 6 unspecified atom stereocenters. The lowest BCUT2D eigenvalue weighted by Gasteiger charge is -2.65. The third-order valence-electron chi connectivity index (χ3n) is 13.4. The molecule has 0 spiro atoms. The molecule has 234 valence electrons. The van der Waals surface area contributed by atoms with Gasteiger partial charge in [0.1, 0.15) is 6.04 Å². The monoisotopic (exact) mass is 574 g/mol. The lowest BCUT2D eigenvalue weighted by Crippen LogP contribution is -2.58. The van der Waals surface area contributed by atoms with E-state index in [2.05, 4.69) is 38.3 Å². The van der Waals surface area contributed by atoms with Crippen LogP contribution in [0, 0.1) is 45.8 Å². The minimum atomic E-state index is -1.18. The Kier molecular flexibility index (Phi) is 10.6. The van der Waals surface area contributed by atoms with Gasteiger partial charge in [-0.3, -0.25) is 9.59 Å². The van der Waals surface area contributed by atoms with Gasteiger partial charge in [-0.2, -0.15) is 0 Å². The fraction of sp³-hybridized carbons (Fsp3) is 0.939. The van der Waals surface area contributed by atoms with Crippen molar-refractivity contribution in [1.29, 1.82) is 0 Å². The van der Waals surface area contributed by atoms with E-state index < -0.39 is 19.1 Å². The Hall–Kier alpha value is -1.12. The Morgan fingerprint density at radius 1 is 0.951 bits per heavy atom. The van der Waals surface area contributed by atoms with Gasteiger partial charge in [-0.1, -0.05) is 41.0 Å². The Morgan fingerprint density at radius 2 is 1.71 bits per heavy atom. The van der Waals surface area contributed by atoms with Gasteiger partial charge in [-0.25, -0.2) is 0 Å². The number of carboxylic acids is 1. The topological polar surface area (TPSA) is 119 Å². The van der Waals surface area contributed by atoms with Crippen molar-refractivity contribution in [2.45, 2.75) is 136 Å². The number of carboxylic acid groups (broad SMARTS) is 1. The molecular formula is C33H59BN2O5. The molecule has 41 heavy (non-hydrogen) atoms.